The van der Waals surface area contributed by atoms with Crippen LogP contribution in [0.5, 0.6) is 0 Å². The lowest BCUT2D eigenvalue weighted by molar-refractivity contribution is -0.138. The Hall–Kier alpha value is -4.82. The van der Waals surface area contributed by atoms with Crippen LogP contribution in [0.25, 0.3) is 17.5 Å². The summed E-state index contributed by atoms with van der Waals surface area (Å²) < 4.78 is 23.2. The fourth-order valence-electron chi connectivity index (χ4n) is 5.45. The minimum Gasteiger partial charge on any atom is -0.463 e. The molecule has 0 bridgehead atoms. The van der Waals surface area contributed by atoms with Crippen molar-refractivity contribution >= 4 is 29.1 Å². The molecular weight excluding hydrogens is 549 g/mol. The van der Waals surface area contributed by atoms with Gasteiger partial charge in [-0.25, -0.2) is 14.2 Å². The van der Waals surface area contributed by atoms with E-state index in [0.717, 1.165) is 33.8 Å². The van der Waals surface area contributed by atoms with Crippen molar-refractivity contribution in [3.8, 4) is 5.69 Å². The molecule has 1 aliphatic rings. The molecule has 210 valence electrons. The first kappa shape index (κ1) is 27.4. The third-order valence-corrected chi connectivity index (χ3v) is 8.31. The van der Waals surface area contributed by atoms with Crippen LogP contribution in [0.2, 0.25) is 0 Å². The van der Waals surface area contributed by atoms with Gasteiger partial charge in [-0.1, -0.05) is 72.0 Å². The number of fused-ring (bicyclic) bond motifs is 1. The highest BCUT2D eigenvalue weighted by Gasteiger charge is 2.35. The SMILES string of the molecule is CCOC(=O)C1=C(c2ccccc2)N=c2s/c(=C\c3cc(C)n(-c4ccc(F)cc4)c3C)c(=O)n2[C@@H]1c1ccccc1. The Morgan fingerprint density at radius 1 is 1.00 bits per heavy atom. The van der Waals surface area contributed by atoms with Crippen molar-refractivity contribution in [3.63, 3.8) is 0 Å². The van der Waals surface area contributed by atoms with E-state index in [1.54, 1.807) is 23.6 Å². The molecule has 3 heterocycles. The molecule has 0 spiro atoms. The van der Waals surface area contributed by atoms with Crippen LogP contribution < -0.4 is 14.9 Å². The second-order valence-corrected chi connectivity index (χ2v) is 11.0. The number of aryl methyl sites for hydroxylation is 1. The molecular formula is C34H28FN3O3S. The first-order valence-electron chi connectivity index (χ1n) is 13.7. The van der Waals surface area contributed by atoms with Crippen LogP contribution in [0, 0.1) is 19.7 Å². The molecule has 0 N–H and O–H groups in total. The Morgan fingerprint density at radius 3 is 2.33 bits per heavy atom. The van der Waals surface area contributed by atoms with E-state index in [9.17, 15) is 14.0 Å². The van der Waals surface area contributed by atoms with Gasteiger partial charge in [0.15, 0.2) is 4.80 Å². The summed E-state index contributed by atoms with van der Waals surface area (Å²) in [7, 11) is 0. The molecule has 5 aromatic rings. The average Bonchev–Trinajstić information content (AvgIpc) is 3.47. The first-order chi connectivity index (χ1) is 20.4. The summed E-state index contributed by atoms with van der Waals surface area (Å²) >= 11 is 1.29. The van der Waals surface area contributed by atoms with E-state index < -0.39 is 12.0 Å². The Labute approximate surface area is 246 Å². The highest BCUT2D eigenvalue weighted by atomic mass is 32.1. The van der Waals surface area contributed by atoms with Crippen molar-refractivity contribution < 1.29 is 13.9 Å². The van der Waals surface area contributed by atoms with Gasteiger partial charge >= 0.3 is 5.97 Å². The summed E-state index contributed by atoms with van der Waals surface area (Å²) in [5.41, 5.74) is 5.70. The van der Waals surface area contributed by atoms with Crippen molar-refractivity contribution in [2.75, 3.05) is 6.61 Å². The van der Waals surface area contributed by atoms with Gasteiger partial charge in [0.1, 0.15) is 5.82 Å². The second kappa shape index (κ2) is 11.2. The van der Waals surface area contributed by atoms with Gasteiger partial charge in [0, 0.05) is 22.6 Å². The van der Waals surface area contributed by atoms with Gasteiger partial charge in [0.2, 0.25) is 0 Å². The molecule has 2 aromatic heterocycles. The third-order valence-electron chi connectivity index (χ3n) is 7.33. The number of hydrogen-bond acceptors (Lipinski definition) is 5. The van der Waals surface area contributed by atoms with Crippen molar-refractivity contribution in [1.29, 1.82) is 0 Å². The number of carbonyl (C=O) groups is 1. The molecule has 1 aliphatic heterocycles. The van der Waals surface area contributed by atoms with E-state index in [1.807, 2.05) is 91.2 Å². The zero-order valence-electron chi connectivity index (χ0n) is 23.4. The standard InChI is InChI=1S/C34H28FN3O3S/c1-4-41-33(40)29-30(23-11-7-5-8-12-23)36-34-38(31(29)24-13-9-6-10-14-24)32(39)28(42-34)20-25-19-21(2)37(22(25)3)27-17-15-26(35)16-18-27/h5-20,31H,4H2,1-3H3/b28-20-/t31-/m1/s1. The zero-order valence-corrected chi connectivity index (χ0v) is 24.2. The van der Waals surface area contributed by atoms with Crippen molar-refractivity contribution in [2.24, 2.45) is 4.99 Å². The molecule has 0 radical (unpaired) electrons. The van der Waals surface area contributed by atoms with Crippen LogP contribution >= 0.6 is 11.3 Å². The number of carbonyl (C=O) groups excluding carboxylic acids is 1. The monoisotopic (exact) mass is 577 g/mol. The van der Waals surface area contributed by atoms with E-state index in [0.29, 0.717) is 20.6 Å². The van der Waals surface area contributed by atoms with Crippen LogP contribution in [-0.2, 0) is 9.53 Å². The predicted octanol–water partition coefficient (Wildman–Crippen LogP) is 5.48. The van der Waals surface area contributed by atoms with Gasteiger partial charge in [0.05, 0.1) is 28.5 Å². The molecule has 6 rings (SSSR count). The van der Waals surface area contributed by atoms with Crippen molar-refractivity contribution in [2.45, 2.75) is 26.8 Å². The number of ether oxygens (including phenoxy) is 1. The molecule has 0 fully saturated rings. The summed E-state index contributed by atoms with van der Waals surface area (Å²) in [6.07, 6.45) is 1.87. The molecule has 6 nitrogen and oxygen atoms in total. The first-order valence-corrected chi connectivity index (χ1v) is 14.5. The van der Waals surface area contributed by atoms with Gasteiger partial charge in [-0.05, 0) is 68.3 Å². The van der Waals surface area contributed by atoms with Gasteiger partial charge in [-0.2, -0.15) is 0 Å². The number of benzene rings is 3. The lowest BCUT2D eigenvalue weighted by atomic mass is 9.93. The fraction of sp³-hybridized carbons (Fsp3) is 0.147. The zero-order chi connectivity index (χ0) is 29.4. The topological polar surface area (TPSA) is 65.6 Å². The van der Waals surface area contributed by atoms with Crippen molar-refractivity contribution in [3.05, 3.63) is 150 Å². The third kappa shape index (κ3) is 4.84. The summed E-state index contributed by atoms with van der Waals surface area (Å²) in [5.74, 6) is -0.807. The summed E-state index contributed by atoms with van der Waals surface area (Å²) in [6, 6.07) is 26.6. The average molecular weight is 578 g/mol. The van der Waals surface area contributed by atoms with E-state index in [4.69, 9.17) is 9.73 Å². The highest BCUT2D eigenvalue weighted by molar-refractivity contribution is 7.07. The number of esters is 1. The maximum Gasteiger partial charge on any atom is 0.338 e. The minimum atomic E-state index is -0.717. The van der Waals surface area contributed by atoms with Crippen LogP contribution in [0.1, 0.15) is 41.0 Å². The largest absolute Gasteiger partial charge is 0.463 e. The van der Waals surface area contributed by atoms with Gasteiger partial charge < -0.3 is 9.30 Å². The van der Waals surface area contributed by atoms with Gasteiger partial charge in [0.25, 0.3) is 5.56 Å². The molecule has 0 saturated heterocycles. The number of nitrogens with zero attached hydrogens (tertiary/aromatic N) is 3. The summed E-state index contributed by atoms with van der Waals surface area (Å²) in [6.45, 7) is 5.90. The summed E-state index contributed by atoms with van der Waals surface area (Å²) in [4.78, 5) is 33.1. The number of hydrogen-bond donors (Lipinski definition) is 0. The lowest BCUT2D eigenvalue weighted by Gasteiger charge is -2.25. The molecule has 42 heavy (non-hydrogen) atoms. The Kier molecular flexibility index (Phi) is 7.31. The quantitative estimate of drug-likeness (QED) is 0.251. The molecule has 0 amide bonds. The maximum atomic E-state index is 14.1. The summed E-state index contributed by atoms with van der Waals surface area (Å²) in [5, 5.41) is 0. The molecule has 0 saturated carbocycles. The van der Waals surface area contributed by atoms with E-state index in [1.165, 1.54) is 23.5 Å². The number of aromatic nitrogens is 2. The second-order valence-electron chi connectivity index (χ2n) is 9.98. The molecule has 1 atom stereocenters. The van der Waals surface area contributed by atoms with Crippen LogP contribution in [-0.4, -0.2) is 21.7 Å². The van der Waals surface area contributed by atoms with Gasteiger partial charge in [-0.15, -0.1) is 0 Å². The van der Waals surface area contributed by atoms with Crippen molar-refractivity contribution in [1.82, 2.24) is 9.13 Å². The van der Waals surface area contributed by atoms with Crippen LogP contribution in [0.3, 0.4) is 0 Å². The molecule has 3 aromatic carbocycles. The number of thiazole rings is 1. The normalized spacial score (nSPS) is 15.0. The molecule has 0 unspecified atom stereocenters. The van der Waals surface area contributed by atoms with E-state index in [2.05, 4.69) is 0 Å². The Morgan fingerprint density at radius 2 is 1.67 bits per heavy atom. The Balaban J connectivity index is 1.59. The number of halogens is 1. The minimum absolute atomic E-state index is 0.194. The fourth-order valence-corrected chi connectivity index (χ4v) is 6.45. The Bertz CT molecular complexity index is 2000. The lowest BCUT2D eigenvalue weighted by Crippen LogP contribution is -2.40. The highest BCUT2D eigenvalue weighted by Crippen LogP contribution is 2.35. The van der Waals surface area contributed by atoms with Crippen LogP contribution in [0.15, 0.2) is 106 Å². The van der Waals surface area contributed by atoms with E-state index >= 15 is 0 Å². The van der Waals surface area contributed by atoms with Crippen LogP contribution in [0.4, 0.5) is 4.39 Å². The number of rotatable bonds is 6. The molecule has 0 aliphatic carbocycles. The van der Waals surface area contributed by atoms with E-state index in [-0.39, 0.29) is 18.0 Å². The maximum absolute atomic E-state index is 14.1. The smallest absolute Gasteiger partial charge is 0.338 e. The predicted molar refractivity (Wildman–Crippen MR) is 163 cm³/mol. The molecule has 8 heteroatoms. The van der Waals surface area contributed by atoms with Gasteiger partial charge in [-0.3, -0.25) is 9.36 Å².